The number of esters is 1. The van der Waals surface area contributed by atoms with Crippen LogP contribution in [0.2, 0.25) is 5.02 Å². The molecule has 1 aromatic carbocycles. The molecule has 0 saturated carbocycles. The van der Waals surface area contributed by atoms with Gasteiger partial charge in [-0.05, 0) is 50.6 Å². The van der Waals surface area contributed by atoms with Gasteiger partial charge in [-0.25, -0.2) is 4.79 Å². The third kappa shape index (κ3) is 3.06. The minimum absolute atomic E-state index is 0.334. The van der Waals surface area contributed by atoms with Crippen molar-refractivity contribution in [2.24, 2.45) is 0 Å². The molecule has 0 bridgehead atoms. The summed E-state index contributed by atoms with van der Waals surface area (Å²) in [5, 5.41) is 8.60. The van der Waals surface area contributed by atoms with Crippen LogP contribution in [0.1, 0.15) is 37.8 Å². The fraction of sp³-hybridized carbons (Fsp3) is 0.400. The summed E-state index contributed by atoms with van der Waals surface area (Å²) in [6.45, 7) is 7.77. The van der Waals surface area contributed by atoms with Crippen LogP contribution < -0.4 is 5.32 Å². The number of nitrogens with zero attached hydrogens (tertiary/aromatic N) is 2. The van der Waals surface area contributed by atoms with Crippen molar-refractivity contribution >= 4 is 17.6 Å². The lowest BCUT2D eigenvalue weighted by Gasteiger charge is -2.25. The molecule has 2 saturated heterocycles. The first kappa shape index (κ1) is 17.3. The molecule has 0 amide bonds. The second-order valence-electron chi connectivity index (χ2n) is 7.28. The summed E-state index contributed by atoms with van der Waals surface area (Å²) in [6.07, 6.45) is 6.55. The molecule has 0 unspecified atom stereocenters. The van der Waals surface area contributed by atoms with Crippen molar-refractivity contribution in [2.75, 3.05) is 13.1 Å². The van der Waals surface area contributed by atoms with Gasteiger partial charge in [-0.3, -0.25) is 4.68 Å². The van der Waals surface area contributed by atoms with Crippen molar-refractivity contribution in [1.29, 1.82) is 0 Å². The predicted octanol–water partition coefficient (Wildman–Crippen LogP) is 3.85. The van der Waals surface area contributed by atoms with Crippen LogP contribution in [0.15, 0.2) is 42.7 Å². The van der Waals surface area contributed by atoms with Crippen LogP contribution in [0.5, 0.6) is 0 Å². The Labute approximate surface area is 158 Å². The maximum Gasteiger partial charge on any atom is 0.334 e. The first-order valence-electron chi connectivity index (χ1n) is 8.93. The average molecular weight is 372 g/mol. The maximum atomic E-state index is 11.9. The molecule has 2 aliphatic heterocycles. The maximum absolute atomic E-state index is 11.9. The smallest absolute Gasteiger partial charge is 0.334 e. The highest BCUT2D eigenvalue weighted by atomic mass is 35.5. The molecule has 1 N–H and O–H groups in total. The zero-order valence-electron chi connectivity index (χ0n) is 14.8. The summed E-state index contributed by atoms with van der Waals surface area (Å²) in [7, 11) is 0. The number of aromatic nitrogens is 2. The standard InChI is InChI=1S/C20H22ClN3O2/c1-13-10-20(2,26-19(13)25)18-4-3-15(21)9-17(18)14-11-23-24(12-14)16-5-7-22-8-6-16/h3-4,9,11-12,16,22H,1,5-8,10H2,2H3/t20-/m1/s1. The van der Waals surface area contributed by atoms with E-state index < -0.39 is 5.60 Å². The van der Waals surface area contributed by atoms with Crippen molar-refractivity contribution < 1.29 is 9.53 Å². The van der Waals surface area contributed by atoms with E-state index in [0.717, 1.165) is 42.6 Å². The monoisotopic (exact) mass is 371 g/mol. The zero-order chi connectivity index (χ0) is 18.3. The van der Waals surface area contributed by atoms with Crippen molar-refractivity contribution in [2.45, 2.75) is 37.8 Å². The first-order chi connectivity index (χ1) is 12.5. The minimum atomic E-state index is -0.731. The van der Waals surface area contributed by atoms with E-state index in [-0.39, 0.29) is 5.97 Å². The molecule has 1 atom stereocenters. The van der Waals surface area contributed by atoms with Gasteiger partial charge in [0.25, 0.3) is 0 Å². The lowest BCUT2D eigenvalue weighted by atomic mass is 9.86. The fourth-order valence-corrected chi connectivity index (χ4v) is 4.08. The van der Waals surface area contributed by atoms with E-state index >= 15 is 0 Å². The third-order valence-electron chi connectivity index (χ3n) is 5.30. The lowest BCUT2D eigenvalue weighted by molar-refractivity contribution is -0.145. The molecule has 2 aliphatic rings. The van der Waals surface area contributed by atoms with Crippen molar-refractivity contribution in [3.8, 4) is 11.1 Å². The van der Waals surface area contributed by atoms with Gasteiger partial charge in [0.15, 0.2) is 0 Å². The number of piperidine rings is 1. The molecular weight excluding hydrogens is 350 g/mol. The molecule has 3 heterocycles. The molecule has 5 nitrogen and oxygen atoms in total. The molecule has 4 rings (SSSR count). The van der Waals surface area contributed by atoms with Crippen LogP contribution >= 0.6 is 11.6 Å². The van der Waals surface area contributed by atoms with Crippen LogP contribution in [0.3, 0.4) is 0 Å². The van der Waals surface area contributed by atoms with E-state index in [0.29, 0.717) is 23.1 Å². The van der Waals surface area contributed by atoms with Crippen LogP contribution in [0.25, 0.3) is 11.1 Å². The molecule has 26 heavy (non-hydrogen) atoms. The Morgan fingerprint density at radius 2 is 2.15 bits per heavy atom. The number of carbonyl (C=O) groups is 1. The topological polar surface area (TPSA) is 56.1 Å². The third-order valence-corrected chi connectivity index (χ3v) is 5.54. The van der Waals surface area contributed by atoms with Crippen molar-refractivity contribution in [1.82, 2.24) is 15.1 Å². The van der Waals surface area contributed by atoms with Crippen LogP contribution in [0, 0.1) is 0 Å². The number of ether oxygens (including phenoxy) is 1. The number of carbonyl (C=O) groups excluding carboxylic acids is 1. The average Bonchev–Trinajstić information content (AvgIpc) is 3.21. The molecule has 6 heteroatoms. The van der Waals surface area contributed by atoms with Gasteiger partial charge < -0.3 is 10.1 Å². The molecule has 136 valence electrons. The second kappa shape index (κ2) is 6.56. The highest BCUT2D eigenvalue weighted by Gasteiger charge is 2.41. The van der Waals surface area contributed by atoms with Crippen LogP contribution in [-0.2, 0) is 15.1 Å². The number of cyclic esters (lactones) is 1. The van der Waals surface area contributed by atoms with Gasteiger partial charge in [-0.15, -0.1) is 0 Å². The van der Waals surface area contributed by atoms with E-state index in [1.807, 2.05) is 36.0 Å². The van der Waals surface area contributed by atoms with Crippen molar-refractivity contribution in [3.05, 3.63) is 53.3 Å². The summed E-state index contributed by atoms with van der Waals surface area (Å²) in [5.41, 5.74) is 2.63. The largest absolute Gasteiger partial charge is 0.451 e. The summed E-state index contributed by atoms with van der Waals surface area (Å²) in [4.78, 5) is 11.9. The Morgan fingerprint density at radius 3 is 2.85 bits per heavy atom. The molecule has 0 spiro atoms. The number of rotatable bonds is 3. The molecule has 2 fully saturated rings. The van der Waals surface area contributed by atoms with Gasteiger partial charge in [0.1, 0.15) is 5.60 Å². The number of nitrogens with one attached hydrogen (secondary N) is 1. The molecular formula is C20H22ClN3O2. The number of halogens is 1. The van der Waals surface area contributed by atoms with E-state index in [1.165, 1.54) is 0 Å². The summed E-state index contributed by atoms with van der Waals surface area (Å²) < 4.78 is 7.70. The molecule has 1 aromatic heterocycles. The Balaban J connectivity index is 1.73. The Kier molecular flexibility index (Phi) is 4.37. The number of benzene rings is 1. The van der Waals surface area contributed by atoms with E-state index in [2.05, 4.69) is 23.2 Å². The Morgan fingerprint density at radius 1 is 1.38 bits per heavy atom. The number of hydrogen-bond acceptors (Lipinski definition) is 4. The SMILES string of the molecule is C=C1C[C@](C)(c2ccc(Cl)cc2-c2cnn(C3CCNCC3)c2)OC1=O. The highest BCUT2D eigenvalue weighted by Crippen LogP contribution is 2.43. The van der Waals surface area contributed by atoms with Gasteiger partial charge in [-0.2, -0.15) is 5.10 Å². The van der Waals surface area contributed by atoms with Gasteiger partial charge in [0.05, 0.1) is 12.2 Å². The van der Waals surface area contributed by atoms with Gasteiger partial charge >= 0.3 is 5.97 Å². The minimum Gasteiger partial charge on any atom is -0.451 e. The fourth-order valence-electron chi connectivity index (χ4n) is 3.91. The number of hydrogen-bond donors (Lipinski definition) is 1. The molecule has 0 aliphatic carbocycles. The first-order valence-corrected chi connectivity index (χ1v) is 9.30. The summed E-state index contributed by atoms with van der Waals surface area (Å²) in [6, 6.07) is 6.09. The Hall–Kier alpha value is -2.11. The molecule has 2 aromatic rings. The summed E-state index contributed by atoms with van der Waals surface area (Å²) in [5.74, 6) is -0.334. The quantitative estimate of drug-likeness (QED) is 0.657. The van der Waals surface area contributed by atoms with Gasteiger partial charge in [0, 0.05) is 34.3 Å². The summed E-state index contributed by atoms with van der Waals surface area (Å²) >= 11 is 6.27. The van der Waals surface area contributed by atoms with Gasteiger partial charge in [-0.1, -0.05) is 24.2 Å². The predicted molar refractivity (Wildman–Crippen MR) is 101 cm³/mol. The van der Waals surface area contributed by atoms with E-state index in [9.17, 15) is 4.79 Å². The normalized spacial score (nSPS) is 24.1. The second-order valence-corrected chi connectivity index (χ2v) is 7.72. The van der Waals surface area contributed by atoms with Crippen molar-refractivity contribution in [3.63, 3.8) is 0 Å². The zero-order valence-corrected chi connectivity index (χ0v) is 15.6. The van der Waals surface area contributed by atoms with Crippen LogP contribution in [0.4, 0.5) is 0 Å². The van der Waals surface area contributed by atoms with E-state index in [1.54, 1.807) is 0 Å². The van der Waals surface area contributed by atoms with E-state index in [4.69, 9.17) is 16.3 Å². The highest BCUT2D eigenvalue weighted by molar-refractivity contribution is 6.30. The van der Waals surface area contributed by atoms with Crippen LogP contribution in [-0.4, -0.2) is 28.8 Å². The Bertz CT molecular complexity index is 852. The van der Waals surface area contributed by atoms with Gasteiger partial charge in [0.2, 0.25) is 0 Å². The lowest BCUT2D eigenvalue weighted by Crippen LogP contribution is -2.29. The molecule has 0 radical (unpaired) electrons.